The molecule has 0 saturated carbocycles. The molecule has 5 nitrogen and oxygen atoms in total. The van der Waals surface area contributed by atoms with Crippen molar-refractivity contribution in [1.29, 1.82) is 0 Å². The predicted molar refractivity (Wildman–Crippen MR) is 148 cm³/mol. The van der Waals surface area contributed by atoms with Crippen LogP contribution in [0.25, 0.3) is 0 Å². The summed E-state index contributed by atoms with van der Waals surface area (Å²) in [6.07, 6.45) is -0.965. The lowest BCUT2D eigenvalue weighted by molar-refractivity contribution is -0.118. The molecule has 33 heavy (non-hydrogen) atoms. The van der Waals surface area contributed by atoms with E-state index in [0.717, 1.165) is 0 Å². The average Bonchev–Trinajstić information content (AvgIpc) is 2.82. The van der Waals surface area contributed by atoms with Gasteiger partial charge in [0.15, 0.2) is 25.0 Å². The quantitative estimate of drug-likeness (QED) is 0.398. The molecule has 0 spiro atoms. The number of aliphatic hydroxyl groups is 1. The predicted octanol–water partition coefficient (Wildman–Crippen LogP) is 6.04. The summed E-state index contributed by atoms with van der Waals surface area (Å²) in [4.78, 5) is 0. The van der Waals surface area contributed by atoms with E-state index in [-0.39, 0.29) is 28.3 Å². The molecule has 0 aliphatic carbocycles. The molecule has 1 aliphatic rings. The summed E-state index contributed by atoms with van der Waals surface area (Å²) in [5.74, 6) is 0. The standard InChI is InChI=1S/C24H53BO5Si3/c1-21(2,3)31(10,11)27-17-24(16-26)19(30-33(14,15)23(7,8)9)18(20(25)28-24)29-32(12,13)22(4,5)6/h18-20,26H,16-17H2,1-15H3/t18-,19-,20-,24-/m1/s1. The van der Waals surface area contributed by atoms with Crippen molar-refractivity contribution in [2.45, 2.75) is 141 Å². The first-order chi connectivity index (χ1) is 14.3. The minimum atomic E-state index is -2.23. The van der Waals surface area contributed by atoms with Crippen LogP contribution >= 0.6 is 0 Å². The first-order valence-corrected chi connectivity index (χ1v) is 21.1. The number of ether oxygens (including phenoxy) is 1. The highest BCUT2D eigenvalue weighted by atomic mass is 28.4. The van der Waals surface area contributed by atoms with Crippen LogP contribution in [-0.2, 0) is 18.0 Å². The van der Waals surface area contributed by atoms with Gasteiger partial charge in [-0.1, -0.05) is 62.3 Å². The minimum absolute atomic E-state index is 0.0103. The first kappa shape index (κ1) is 31.5. The highest BCUT2D eigenvalue weighted by Gasteiger charge is 2.59. The maximum Gasteiger partial charge on any atom is 0.192 e. The summed E-state index contributed by atoms with van der Waals surface area (Å²) in [7, 11) is 0.0769. The molecule has 194 valence electrons. The second kappa shape index (κ2) is 9.76. The van der Waals surface area contributed by atoms with Crippen molar-refractivity contribution in [3.63, 3.8) is 0 Å². The van der Waals surface area contributed by atoms with Crippen molar-refractivity contribution in [2.75, 3.05) is 13.2 Å². The lowest BCUT2D eigenvalue weighted by Gasteiger charge is -2.47. The van der Waals surface area contributed by atoms with Crippen LogP contribution in [0.3, 0.4) is 0 Å². The van der Waals surface area contributed by atoms with Gasteiger partial charge in [-0.05, 0) is 54.4 Å². The van der Waals surface area contributed by atoms with Gasteiger partial charge in [0.2, 0.25) is 0 Å². The number of hydrogen-bond acceptors (Lipinski definition) is 5. The van der Waals surface area contributed by atoms with Crippen LogP contribution in [0.15, 0.2) is 0 Å². The van der Waals surface area contributed by atoms with E-state index in [9.17, 15) is 5.11 Å². The minimum Gasteiger partial charge on any atom is -0.414 e. The summed E-state index contributed by atoms with van der Waals surface area (Å²) in [5, 5.41) is 10.8. The summed E-state index contributed by atoms with van der Waals surface area (Å²) < 4.78 is 26.8. The van der Waals surface area contributed by atoms with Crippen LogP contribution in [0.2, 0.25) is 54.4 Å². The molecule has 0 bridgehead atoms. The molecule has 1 rings (SSSR count). The summed E-state index contributed by atoms with van der Waals surface area (Å²) in [6, 6.07) is -0.691. The van der Waals surface area contributed by atoms with Gasteiger partial charge in [0.1, 0.15) is 19.6 Å². The Hall–Kier alpha value is 0.516. The highest BCUT2D eigenvalue weighted by molar-refractivity contribution is 6.75. The Morgan fingerprint density at radius 3 is 1.52 bits per heavy atom. The molecule has 0 aromatic carbocycles. The highest BCUT2D eigenvalue weighted by Crippen LogP contribution is 2.46. The van der Waals surface area contributed by atoms with Crippen LogP contribution < -0.4 is 0 Å². The van der Waals surface area contributed by atoms with Gasteiger partial charge in [-0.15, -0.1) is 0 Å². The largest absolute Gasteiger partial charge is 0.414 e. The zero-order valence-electron chi connectivity index (χ0n) is 24.3. The Morgan fingerprint density at radius 1 is 0.758 bits per heavy atom. The van der Waals surface area contributed by atoms with Crippen LogP contribution in [0.5, 0.6) is 0 Å². The van der Waals surface area contributed by atoms with Crippen molar-refractivity contribution in [3.8, 4) is 0 Å². The molecule has 0 aromatic rings. The van der Waals surface area contributed by atoms with Gasteiger partial charge in [0, 0.05) is 6.00 Å². The lowest BCUT2D eigenvalue weighted by atomic mass is 9.90. The number of hydrogen-bond donors (Lipinski definition) is 1. The third kappa shape index (κ3) is 6.84. The van der Waals surface area contributed by atoms with Gasteiger partial charge in [0.05, 0.1) is 19.3 Å². The van der Waals surface area contributed by atoms with Gasteiger partial charge in [-0.3, -0.25) is 0 Å². The van der Waals surface area contributed by atoms with E-state index in [2.05, 4.69) is 102 Å². The lowest BCUT2D eigenvalue weighted by Crippen LogP contribution is -2.60. The maximum absolute atomic E-state index is 10.7. The molecule has 2 radical (unpaired) electrons. The Bertz CT molecular complexity index is 664. The van der Waals surface area contributed by atoms with E-state index in [1.54, 1.807) is 0 Å². The molecule has 4 atom stereocenters. The SMILES string of the molecule is [B][C@@H]1O[C@](CO)(CO[Si](C)(C)C(C)(C)C)[C@H](O[Si](C)(C)C(C)(C)C)[C@H]1O[Si](C)(C)C(C)(C)C. The van der Waals surface area contributed by atoms with E-state index in [0.29, 0.717) is 0 Å². The van der Waals surface area contributed by atoms with Gasteiger partial charge in [-0.25, -0.2) is 0 Å². The Kier molecular flexibility index (Phi) is 9.33. The smallest absolute Gasteiger partial charge is 0.192 e. The summed E-state index contributed by atoms with van der Waals surface area (Å²) in [5.41, 5.74) is -1.06. The van der Waals surface area contributed by atoms with E-state index in [4.69, 9.17) is 25.9 Å². The molecule has 1 fully saturated rings. The molecular formula is C24H53BO5Si3. The fraction of sp³-hybridized carbons (Fsp3) is 1.00. The zero-order valence-corrected chi connectivity index (χ0v) is 27.3. The van der Waals surface area contributed by atoms with Crippen molar-refractivity contribution in [2.24, 2.45) is 0 Å². The maximum atomic E-state index is 10.7. The Labute approximate surface area is 209 Å². The van der Waals surface area contributed by atoms with Crippen molar-refractivity contribution >= 4 is 32.8 Å². The third-order valence-corrected chi connectivity index (χ3v) is 22.1. The van der Waals surface area contributed by atoms with E-state index >= 15 is 0 Å². The summed E-state index contributed by atoms with van der Waals surface area (Å²) >= 11 is 0. The molecule has 0 unspecified atom stereocenters. The monoisotopic (exact) mass is 516 g/mol. The van der Waals surface area contributed by atoms with Gasteiger partial charge >= 0.3 is 0 Å². The van der Waals surface area contributed by atoms with Crippen molar-refractivity contribution in [1.82, 2.24) is 0 Å². The Morgan fingerprint density at radius 2 is 1.15 bits per heavy atom. The first-order valence-electron chi connectivity index (χ1n) is 12.4. The molecule has 1 aliphatic heterocycles. The summed E-state index contributed by atoms with van der Waals surface area (Å²) in [6.45, 7) is 33.2. The van der Waals surface area contributed by atoms with Crippen LogP contribution in [0, 0.1) is 0 Å². The van der Waals surface area contributed by atoms with Gasteiger partial charge in [0.25, 0.3) is 0 Å². The average molecular weight is 517 g/mol. The second-order valence-electron chi connectivity index (χ2n) is 14.5. The second-order valence-corrected chi connectivity index (χ2v) is 28.8. The van der Waals surface area contributed by atoms with E-state index in [1.807, 2.05) is 0 Å². The molecular weight excluding hydrogens is 463 g/mol. The molecule has 0 amide bonds. The van der Waals surface area contributed by atoms with Crippen LogP contribution in [0.1, 0.15) is 62.3 Å². The van der Waals surface area contributed by atoms with Crippen molar-refractivity contribution < 1.29 is 23.1 Å². The fourth-order valence-corrected chi connectivity index (χ4v) is 6.67. The van der Waals surface area contributed by atoms with E-state index in [1.165, 1.54) is 0 Å². The number of aliphatic hydroxyl groups excluding tert-OH is 1. The fourth-order valence-electron chi connectivity index (χ4n) is 3.00. The Balaban J connectivity index is 3.47. The normalized spacial score (nSPS) is 28.4. The van der Waals surface area contributed by atoms with E-state index < -0.39 is 48.8 Å². The molecule has 1 saturated heterocycles. The topological polar surface area (TPSA) is 57.2 Å². The molecule has 9 heteroatoms. The number of rotatable bonds is 8. The molecule has 1 N–H and O–H groups in total. The third-order valence-electron chi connectivity index (χ3n) is 8.73. The zero-order chi connectivity index (χ0) is 26.5. The molecule has 1 heterocycles. The van der Waals surface area contributed by atoms with Crippen molar-refractivity contribution in [3.05, 3.63) is 0 Å². The van der Waals surface area contributed by atoms with Gasteiger partial charge in [-0.2, -0.15) is 0 Å². The van der Waals surface area contributed by atoms with Crippen LogP contribution in [-0.4, -0.2) is 74.9 Å². The molecule has 0 aromatic heterocycles. The van der Waals surface area contributed by atoms with Crippen LogP contribution in [0.4, 0.5) is 0 Å². The van der Waals surface area contributed by atoms with Gasteiger partial charge < -0.3 is 23.1 Å².